The van der Waals surface area contributed by atoms with E-state index in [4.69, 9.17) is 10.3 Å². The van der Waals surface area contributed by atoms with Crippen LogP contribution in [-0.2, 0) is 15.1 Å². The van der Waals surface area contributed by atoms with E-state index in [9.17, 15) is 18.0 Å². The van der Waals surface area contributed by atoms with E-state index in [1.165, 1.54) is 4.90 Å². The molecule has 2 amide bonds. The second kappa shape index (κ2) is 8.90. The first-order valence-corrected chi connectivity index (χ1v) is 9.97. The molecular formula is C14H27N5O5S. The molecule has 0 aromatic rings. The maximum Gasteiger partial charge on any atom is 0.333 e. The molecule has 0 unspecified atom stereocenters. The van der Waals surface area contributed by atoms with E-state index in [0.717, 1.165) is 38.9 Å². The van der Waals surface area contributed by atoms with E-state index in [0.29, 0.717) is 12.8 Å². The van der Waals surface area contributed by atoms with Crippen LogP contribution in [0, 0.1) is 0 Å². The zero-order valence-corrected chi connectivity index (χ0v) is 15.0. The molecule has 0 aliphatic carbocycles. The van der Waals surface area contributed by atoms with Gasteiger partial charge in [-0.2, -0.15) is 13.1 Å². The van der Waals surface area contributed by atoms with Crippen molar-refractivity contribution in [3.63, 3.8) is 0 Å². The predicted octanol–water partition coefficient (Wildman–Crippen LogP) is -1.46. The molecule has 3 atom stereocenters. The Balaban J connectivity index is 1.90. The first-order chi connectivity index (χ1) is 11.8. The van der Waals surface area contributed by atoms with Gasteiger partial charge in [0.05, 0.1) is 6.04 Å². The van der Waals surface area contributed by atoms with Crippen molar-refractivity contribution in [1.82, 2.24) is 19.8 Å². The maximum atomic E-state index is 12.5. The van der Waals surface area contributed by atoms with E-state index in [1.807, 2.05) is 4.72 Å². The van der Waals surface area contributed by atoms with Crippen LogP contribution in [0.4, 0.5) is 4.79 Å². The Kier molecular flexibility index (Phi) is 7.14. The highest BCUT2D eigenvalue weighted by Gasteiger charge is 2.39. The molecule has 0 aromatic carbocycles. The summed E-state index contributed by atoms with van der Waals surface area (Å²) in [5.74, 6) is 0. The SMILES string of the molecule is NCCN1CCC[C@H](NC(=O)N2CC[C@@H](NS(=O)(=O)O)[C@H]2C=O)CC1. The quantitative estimate of drug-likeness (QED) is 0.327. The lowest BCUT2D eigenvalue weighted by Crippen LogP contribution is -2.52. The Bertz CT molecular complexity index is 572. The van der Waals surface area contributed by atoms with Gasteiger partial charge in [-0.05, 0) is 32.2 Å². The van der Waals surface area contributed by atoms with Crippen LogP contribution < -0.4 is 15.8 Å². The third-order valence-electron chi connectivity index (χ3n) is 4.75. The molecule has 2 aliphatic heterocycles. The summed E-state index contributed by atoms with van der Waals surface area (Å²) in [6.07, 6.45) is 3.41. The van der Waals surface area contributed by atoms with Gasteiger partial charge < -0.3 is 25.6 Å². The number of nitrogens with one attached hydrogen (secondary N) is 2. The minimum atomic E-state index is -4.43. The van der Waals surface area contributed by atoms with Crippen LogP contribution in [0.25, 0.3) is 0 Å². The van der Waals surface area contributed by atoms with Crippen molar-refractivity contribution in [2.24, 2.45) is 5.73 Å². The number of amides is 2. The van der Waals surface area contributed by atoms with Crippen molar-refractivity contribution < 1.29 is 22.6 Å². The minimum Gasteiger partial charge on any atom is -0.335 e. The van der Waals surface area contributed by atoms with Gasteiger partial charge in [-0.1, -0.05) is 0 Å². The molecule has 0 bridgehead atoms. The molecule has 144 valence electrons. The van der Waals surface area contributed by atoms with Crippen LogP contribution in [0.1, 0.15) is 25.7 Å². The molecule has 2 fully saturated rings. The Hall–Kier alpha value is -1.27. The van der Waals surface area contributed by atoms with E-state index in [-0.39, 0.29) is 25.0 Å². The summed E-state index contributed by atoms with van der Waals surface area (Å²) in [4.78, 5) is 27.4. The lowest BCUT2D eigenvalue weighted by atomic mass is 10.1. The summed E-state index contributed by atoms with van der Waals surface area (Å²) in [6.45, 7) is 3.49. The number of urea groups is 1. The zero-order chi connectivity index (χ0) is 18.4. The molecule has 0 spiro atoms. The second-order valence-electron chi connectivity index (χ2n) is 6.52. The zero-order valence-electron chi connectivity index (χ0n) is 14.1. The van der Waals surface area contributed by atoms with Crippen LogP contribution in [0.5, 0.6) is 0 Å². The molecule has 5 N–H and O–H groups in total. The molecule has 25 heavy (non-hydrogen) atoms. The molecule has 0 aromatic heterocycles. The third-order valence-corrected chi connectivity index (χ3v) is 5.35. The van der Waals surface area contributed by atoms with Gasteiger partial charge >= 0.3 is 16.3 Å². The fraction of sp³-hybridized carbons (Fsp3) is 0.857. The van der Waals surface area contributed by atoms with E-state index in [2.05, 4.69) is 10.2 Å². The number of rotatable bonds is 6. The average Bonchev–Trinajstić information content (AvgIpc) is 2.79. The Morgan fingerprint density at radius 1 is 1.24 bits per heavy atom. The van der Waals surface area contributed by atoms with Crippen LogP contribution in [0.15, 0.2) is 0 Å². The van der Waals surface area contributed by atoms with Gasteiger partial charge in [0.15, 0.2) is 0 Å². The predicted molar refractivity (Wildman–Crippen MR) is 91.3 cm³/mol. The summed E-state index contributed by atoms with van der Waals surface area (Å²) < 4.78 is 32.8. The second-order valence-corrected chi connectivity index (χ2v) is 7.70. The first kappa shape index (κ1) is 20.0. The van der Waals surface area contributed by atoms with Crippen molar-refractivity contribution in [1.29, 1.82) is 0 Å². The van der Waals surface area contributed by atoms with Gasteiger partial charge in [-0.3, -0.25) is 4.55 Å². The molecule has 2 rings (SSSR count). The van der Waals surface area contributed by atoms with Crippen molar-refractivity contribution in [3.05, 3.63) is 0 Å². The monoisotopic (exact) mass is 377 g/mol. The largest absolute Gasteiger partial charge is 0.335 e. The number of aldehydes is 1. The molecule has 11 heteroatoms. The molecule has 2 heterocycles. The lowest BCUT2D eigenvalue weighted by Gasteiger charge is -2.26. The highest BCUT2D eigenvalue weighted by atomic mass is 32.2. The number of nitrogens with two attached hydrogens (primary N) is 1. The molecule has 0 saturated carbocycles. The third kappa shape index (κ3) is 5.89. The first-order valence-electron chi connectivity index (χ1n) is 8.53. The van der Waals surface area contributed by atoms with Gasteiger partial charge in [-0.25, -0.2) is 4.79 Å². The Labute approximate surface area is 148 Å². The fourth-order valence-electron chi connectivity index (χ4n) is 3.50. The van der Waals surface area contributed by atoms with Crippen LogP contribution >= 0.6 is 0 Å². The Morgan fingerprint density at radius 3 is 2.64 bits per heavy atom. The topological polar surface area (TPSA) is 145 Å². The summed E-state index contributed by atoms with van der Waals surface area (Å²) in [5, 5.41) is 2.94. The number of likely N-dealkylation sites (tertiary alicyclic amines) is 2. The van der Waals surface area contributed by atoms with E-state index >= 15 is 0 Å². The van der Waals surface area contributed by atoms with Gasteiger partial charge in [0.25, 0.3) is 0 Å². The fourth-order valence-corrected chi connectivity index (χ4v) is 4.14. The smallest absolute Gasteiger partial charge is 0.333 e. The van der Waals surface area contributed by atoms with Gasteiger partial charge in [0.1, 0.15) is 12.3 Å². The number of hydrogen-bond donors (Lipinski definition) is 4. The lowest BCUT2D eigenvalue weighted by molar-refractivity contribution is -0.111. The Morgan fingerprint density at radius 2 is 2.00 bits per heavy atom. The average molecular weight is 377 g/mol. The minimum absolute atomic E-state index is 0.0103. The number of hydrogen-bond acceptors (Lipinski definition) is 6. The number of carbonyl (C=O) groups excluding carboxylic acids is 2. The van der Waals surface area contributed by atoms with Crippen LogP contribution in [0.3, 0.4) is 0 Å². The van der Waals surface area contributed by atoms with E-state index < -0.39 is 22.4 Å². The van der Waals surface area contributed by atoms with Crippen molar-refractivity contribution in [2.75, 3.05) is 32.7 Å². The highest BCUT2D eigenvalue weighted by molar-refractivity contribution is 7.83. The van der Waals surface area contributed by atoms with Crippen LogP contribution in [-0.4, -0.2) is 85.9 Å². The molecule has 10 nitrogen and oxygen atoms in total. The standard InChI is InChI=1S/C14H27N5O5S/c15-5-9-18-6-1-2-11(3-7-18)16-14(21)19-8-4-12(13(19)10-20)17-25(22,23)24/h10-13,17H,1-9,15H2,(H,16,21)(H,22,23,24)/t11-,12+,13+/m0/s1. The number of carbonyl (C=O) groups is 2. The van der Waals surface area contributed by atoms with Crippen molar-refractivity contribution >= 4 is 22.6 Å². The van der Waals surface area contributed by atoms with Gasteiger partial charge in [0.2, 0.25) is 0 Å². The maximum absolute atomic E-state index is 12.5. The molecular weight excluding hydrogens is 350 g/mol. The van der Waals surface area contributed by atoms with E-state index in [1.54, 1.807) is 0 Å². The summed E-state index contributed by atoms with van der Waals surface area (Å²) in [7, 11) is -4.43. The van der Waals surface area contributed by atoms with Crippen LogP contribution in [0.2, 0.25) is 0 Å². The summed E-state index contributed by atoms with van der Waals surface area (Å²) in [6, 6.07) is -2.11. The van der Waals surface area contributed by atoms with Gasteiger partial charge in [0, 0.05) is 32.2 Å². The van der Waals surface area contributed by atoms with Crippen molar-refractivity contribution in [3.8, 4) is 0 Å². The highest BCUT2D eigenvalue weighted by Crippen LogP contribution is 2.18. The molecule has 2 saturated heterocycles. The summed E-state index contributed by atoms with van der Waals surface area (Å²) >= 11 is 0. The van der Waals surface area contributed by atoms with Crippen molar-refractivity contribution in [2.45, 2.75) is 43.8 Å². The number of nitrogens with zero attached hydrogens (tertiary/aromatic N) is 2. The molecule has 2 aliphatic rings. The molecule has 0 radical (unpaired) electrons. The van der Waals surface area contributed by atoms with Gasteiger partial charge in [-0.15, -0.1) is 0 Å². The normalized spacial score (nSPS) is 28.6. The summed E-state index contributed by atoms with van der Waals surface area (Å²) in [5.41, 5.74) is 5.58.